The zero-order chi connectivity index (χ0) is 98.4. The lowest BCUT2D eigenvalue weighted by Crippen LogP contribution is -2.53. The first-order valence-electron chi connectivity index (χ1n) is 42.9. The fourth-order valence-electron chi connectivity index (χ4n) is 18.3. The molecule has 5 aromatic rings. The number of hydrogen-bond acceptors (Lipinski definition) is 19. The van der Waals surface area contributed by atoms with E-state index in [2.05, 4.69) is 15.0 Å². The number of phenolic OH excluding ortho intramolecular Hbond substituents is 2. The Kier molecular flexibility index (Phi) is 33.3. The topological polar surface area (TPSA) is 320 Å². The predicted octanol–water partition coefficient (Wildman–Crippen LogP) is 17.3. The number of aryl methyl sites for hydroxylation is 1. The number of alkyl halides is 14. The van der Waals surface area contributed by atoms with E-state index in [-0.39, 0.29) is 106 Å². The smallest absolute Gasteiger partial charge is 0.412 e. The van der Waals surface area contributed by atoms with Gasteiger partial charge in [-0.2, -0.15) is 52.7 Å². The van der Waals surface area contributed by atoms with Crippen LogP contribution in [0.2, 0.25) is 15.1 Å². The number of carbonyl (C=O) groups is 9. The Balaban J connectivity index is 0.000000198. The molecule has 1 aromatic heterocycles. The highest BCUT2D eigenvalue weighted by atomic mass is 35.5. The van der Waals surface area contributed by atoms with E-state index in [4.69, 9.17) is 58.5 Å². The summed E-state index contributed by atoms with van der Waals surface area (Å²) in [4.78, 5) is 124. The zero-order valence-electron chi connectivity index (χ0n) is 74.3. The van der Waals surface area contributed by atoms with Crippen LogP contribution in [0, 0.1) is 40.4 Å². The number of esters is 2. The monoisotopic (exact) mass is 1960 g/mol. The summed E-state index contributed by atoms with van der Waals surface area (Å²) in [6, 6.07) is 11.0. The van der Waals surface area contributed by atoms with E-state index in [1.54, 1.807) is 45.9 Å². The lowest BCUT2D eigenvalue weighted by atomic mass is 9.66. The summed E-state index contributed by atoms with van der Waals surface area (Å²) in [7, 11) is 4.33. The molecule has 2 aliphatic carbocycles. The van der Waals surface area contributed by atoms with E-state index in [0.29, 0.717) is 118 Å². The SMILES string of the molecule is CC(C)(C)OC(=O)N1CCc2c(Cl)ccc(O)c2[C@H]1CN1CC(C(F)(F)F)CC1=O.CCOC(=O)/C=C(\C)C(F)(F)F.COc1ccc(COC(=O)[C@@]2(C)CCCC[C@H]2C(=O)N2CCc3c(Cl)ccc(O)c3[C@H]2CN2CC(C(F)(F)F)CC2=O)c(OC)c1.Cn1nnc(COc2ccc(Cl)c3c2[C@@H](CN2CC(C(F)(F)F)CC2=O)N(C(=O)[C@@H]2CCCC[C@]2(C)C(=O)O)CC3)c1C(F)F. The summed E-state index contributed by atoms with van der Waals surface area (Å²) in [5.74, 6) is -11.9. The molecule has 3 N–H and O–H groups in total. The molecule has 10 atom stereocenters. The van der Waals surface area contributed by atoms with Gasteiger partial charge in [-0.1, -0.05) is 65.7 Å². The summed E-state index contributed by atoms with van der Waals surface area (Å²) >= 11 is 19.3. The van der Waals surface area contributed by atoms with Gasteiger partial charge in [0.05, 0.1) is 79.4 Å². The van der Waals surface area contributed by atoms with Crippen molar-refractivity contribution in [3.8, 4) is 28.7 Å². The van der Waals surface area contributed by atoms with Gasteiger partial charge in [0.2, 0.25) is 29.5 Å². The number of benzene rings is 4. The molecule has 44 heteroatoms. The van der Waals surface area contributed by atoms with Gasteiger partial charge in [-0.3, -0.25) is 38.5 Å². The van der Waals surface area contributed by atoms with Crippen molar-refractivity contribution < 1.29 is 148 Å². The van der Waals surface area contributed by atoms with Crippen molar-refractivity contribution in [1.82, 2.24) is 44.4 Å². The molecule has 2 saturated carbocycles. The maximum absolute atomic E-state index is 14.5. The van der Waals surface area contributed by atoms with Gasteiger partial charge in [-0.15, -0.1) is 5.10 Å². The molecule has 7 heterocycles. The molecule has 8 aliphatic rings. The fraction of sp³-hybridized carbons (Fsp3) is 0.584. The van der Waals surface area contributed by atoms with E-state index in [0.717, 1.165) is 26.3 Å². The Morgan fingerprint density at radius 1 is 0.579 bits per heavy atom. The van der Waals surface area contributed by atoms with Crippen LogP contribution in [0.4, 0.5) is 66.3 Å². The van der Waals surface area contributed by atoms with Crippen molar-refractivity contribution in [2.24, 2.45) is 47.5 Å². The number of rotatable bonds is 20. The van der Waals surface area contributed by atoms with Crippen LogP contribution in [0.1, 0.15) is 194 Å². The first-order chi connectivity index (χ1) is 62.1. The second-order valence-corrected chi connectivity index (χ2v) is 36.5. The Morgan fingerprint density at radius 2 is 1.02 bits per heavy atom. The van der Waals surface area contributed by atoms with Crippen LogP contribution in [0.5, 0.6) is 28.7 Å². The molecule has 6 amide bonds. The lowest BCUT2D eigenvalue weighted by molar-refractivity contribution is -0.172. The van der Waals surface area contributed by atoms with E-state index in [9.17, 15) is 120 Å². The maximum Gasteiger partial charge on any atom is 0.412 e. The molecular formula is C89H104Cl3F14N9O18. The molecule has 4 aromatic carbocycles. The van der Waals surface area contributed by atoms with Gasteiger partial charge < -0.3 is 68.2 Å². The van der Waals surface area contributed by atoms with E-state index in [1.165, 1.54) is 86.2 Å². The van der Waals surface area contributed by atoms with Gasteiger partial charge in [-0.05, 0) is 159 Å². The van der Waals surface area contributed by atoms with Gasteiger partial charge in [0.25, 0.3) is 6.43 Å². The number of aromatic hydroxyl groups is 2. The number of carboxylic acids is 1. The first kappa shape index (κ1) is 105. The van der Waals surface area contributed by atoms with Crippen LogP contribution in [-0.2, 0) is 92.1 Å². The molecule has 3 saturated heterocycles. The second-order valence-electron chi connectivity index (χ2n) is 35.3. The van der Waals surface area contributed by atoms with Crippen LogP contribution >= 0.6 is 34.8 Å². The zero-order valence-corrected chi connectivity index (χ0v) is 76.5. The molecule has 5 fully saturated rings. The highest BCUT2D eigenvalue weighted by Gasteiger charge is 2.56. The molecule has 6 aliphatic heterocycles. The molecule has 133 heavy (non-hydrogen) atoms. The minimum atomic E-state index is -4.60. The first-order valence-corrected chi connectivity index (χ1v) is 44.0. The van der Waals surface area contributed by atoms with Crippen molar-refractivity contribution in [3.05, 3.63) is 132 Å². The number of allylic oxidation sites excluding steroid dienone is 1. The van der Waals surface area contributed by atoms with Gasteiger partial charge in [0.1, 0.15) is 59.0 Å². The number of carbonyl (C=O) groups excluding carboxylic acids is 8. The highest BCUT2D eigenvalue weighted by molar-refractivity contribution is 6.32. The normalized spacial score (nSPS) is 23.4. The summed E-state index contributed by atoms with van der Waals surface area (Å²) in [6.07, 6.45) is -18.4. The third-order valence-corrected chi connectivity index (χ3v) is 26.6. The fourth-order valence-corrected chi connectivity index (χ4v) is 19.0. The van der Waals surface area contributed by atoms with Crippen molar-refractivity contribution in [2.45, 2.75) is 206 Å². The summed E-state index contributed by atoms with van der Waals surface area (Å²) in [5, 5.41) is 40.0. The second kappa shape index (κ2) is 42.3. The number of amides is 6. The maximum atomic E-state index is 14.5. The van der Waals surface area contributed by atoms with Crippen molar-refractivity contribution in [1.29, 1.82) is 0 Å². The number of aromatic nitrogens is 3. The van der Waals surface area contributed by atoms with E-state index >= 15 is 0 Å². The molecule has 732 valence electrons. The van der Waals surface area contributed by atoms with Gasteiger partial charge in [-0.25, -0.2) is 23.1 Å². The number of ether oxygens (including phenoxy) is 6. The number of nitrogens with zero attached hydrogens (tertiary/aromatic N) is 9. The number of halogens is 17. The third kappa shape index (κ3) is 24.3. The van der Waals surface area contributed by atoms with Crippen molar-refractivity contribution in [3.63, 3.8) is 0 Å². The summed E-state index contributed by atoms with van der Waals surface area (Å²) < 4.78 is 217. The van der Waals surface area contributed by atoms with Crippen molar-refractivity contribution in [2.75, 3.05) is 79.7 Å². The highest BCUT2D eigenvalue weighted by Crippen LogP contribution is 2.52. The van der Waals surface area contributed by atoms with Crippen LogP contribution in [0.3, 0.4) is 0 Å². The molecule has 27 nitrogen and oxygen atoms in total. The standard InChI is InChI=1S/C33H38ClF3N2O7.C29H33ClF5N5O5.C20H24ClF3N2O4.C7H9F3O2/c1-32(31(43)46-18-19-7-8-21(44-2)15-27(19)45-3)12-5-4-6-23(32)30(42)39-13-11-22-24(34)9-10-26(40)29(22)25(39)17-38-16-20(14-28(38)41)33(35,36)37;1-28(27(43)44)9-4-3-5-17(28)26(42)40-10-8-16-18(30)6-7-21(45-14-19-24(25(31)32)38(2)37-36-19)23(16)20(40)13-39-12-15(11-22(39)41)29(33,34)35;1-19(2,3)30-18(29)26-7-6-12-13(21)4-5-15(27)17(12)14(26)10-25-9-11(8-16(25)28)20(22,23)24;1-3-12-6(11)4-5(2)7(8,9)10/h7-10,15,20,23,25,40H,4-6,11-14,16-18H2,1-3H3;6-7,15,17,20,25H,3-5,8-14H2,1-2H3,(H,43,44);4-5,11,14,27H,6-10H2,1-3H3;4H,3H2,1-2H3/b;;;5-4+/t20?,23-,25+,32-;15?,17-,20+,28-;11?,14-;/m001./s1. The van der Waals surface area contributed by atoms with E-state index < -0.39 is 200 Å². The van der Waals surface area contributed by atoms with Crippen LogP contribution in [0.15, 0.2) is 66.2 Å². The number of phenols is 2. The Hall–Kier alpha value is -10.3. The molecule has 3 unspecified atom stereocenters. The van der Waals surface area contributed by atoms with Gasteiger partial charge in [0.15, 0.2) is 0 Å². The van der Waals surface area contributed by atoms with E-state index in [1.807, 2.05) is 0 Å². The number of carboxylic acid groups (broad SMARTS) is 1. The number of hydrogen-bond donors (Lipinski definition) is 3. The molecule has 13 rings (SSSR count). The van der Waals surface area contributed by atoms with Crippen LogP contribution in [-0.4, -0.2) is 223 Å². The van der Waals surface area contributed by atoms with Gasteiger partial charge in [0, 0.05) is 140 Å². The summed E-state index contributed by atoms with van der Waals surface area (Å²) in [6.45, 7) is 8.21. The van der Waals surface area contributed by atoms with Crippen LogP contribution in [0.25, 0.3) is 0 Å². The number of fused-ring (bicyclic) bond motifs is 3. The third-order valence-electron chi connectivity index (χ3n) is 25.6. The Morgan fingerprint density at radius 3 is 1.44 bits per heavy atom. The predicted molar refractivity (Wildman–Crippen MR) is 449 cm³/mol. The minimum absolute atomic E-state index is 0.0658. The van der Waals surface area contributed by atoms with Crippen LogP contribution < -0.4 is 14.2 Å². The van der Waals surface area contributed by atoms with Gasteiger partial charge >= 0.3 is 48.7 Å². The minimum Gasteiger partial charge on any atom is -0.508 e. The van der Waals surface area contributed by atoms with Crippen molar-refractivity contribution >= 4 is 88.3 Å². The Labute approximate surface area is 771 Å². The molecule has 0 spiro atoms. The largest absolute Gasteiger partial charge is 0.508 e. The quantitative estimate of drug-likeness (QED) is 0.0282. The number of aliphatic carboxylic acids is 1. The molecular weight excluding hydrogens is 1860 g/mol. The molecule has 0 radical (unpaired) electrons. The average molecular weight is 1960 g/mol. The number of methoxy groups -OCH3 is 2. The number of likely N-dealkylation sites (tertiary alicyclic amines) is 3. The lowest BCUT2D eigenvalue weighted by Gasteiger charge is -2.45. The molecule has 0 bridgehead atoms. The Bertz CT molecular complexity index is 5170. The summed E-state index contributed by atoms with van der Waals surface area (Å²) in [5.41, 5.74) is -1.61. The average Bonchev–Trinajstić information content (AvgIpc) is 1.44.